The summed E-state index contributed by atoms with van der Waals surface area (Å²) in [6, 6.07) is 2.00. The highest BCUT2D eigenvalue weighted by molar-refractivity contribution is 7.14. The molecule has 0 aromatic carbocycles. The summed E-state index contributed by atoms with van der Waals surface area (Å²) in [6.45, 7) is 4.16. The molecule has 0 aliphatic carbocycles. The van der Waals surface area contributed by atoms with Crippen LogP contribution in [0, 0.1) is 0 Å². The van der Waals surface area contributed by atoms with E-state index >= 15 is 0 Å². The predicted molar refractivity (Wildman–Crippen MR) is 69.4 cm³/mol. The number of anilines is 1. The molecule has 0 saturated carbocycles. The number of aromatic nitrogens is 3. The second-order valence-electron chi connectivity index (χ2n) is 4.09. The molecule has 1 aliphatic heterocycles. The van der Waals surface area contributed by atoms with Gasteiger partial charge in [-0.05, 0) is 6.07 Å². The molecule has 0 atom stereocenters. The number of aryl methyl sites for hydroxylation is 1. The van der Waals surface area contributed by atoms with Crippen molar-refractivity contribution in [2.24, 2.45) is 7.05 Å². The number of nitrogens with zero attached hydrogens (tertiary/aromatic N) is 4. The van der Waals surface area contributed by atoms with Crippen molar-refractivity contribution in [2.75, 3.05) is 31.1 Å². The molecule has 2 aromatic rings. The third kappa shape index (κ3) is 2.05. The Labute approximate surface area is 104 Å². The number of nitrogens with one attached hydrogen (secondary N) is 1. The third-order valence-corrected chi connectivity index (χ3v) is 3.86. The molecule has 0 bridgehead atoms. The fourth-order valence-electron chi connectivity index (χ4n) is 2.01. The maximum Gasteiger partial charge on any atom is 0.186 e. The van der Waals surface area contributed by atoms with Gasteiger partial charge >= 0.3 is 0 Å². The van der Waals surface area contributed by atoms with Crippen LogP contribution in [0.15, 0.2) is 17.6 Å². The molecule has 0 spiro atoms. The molecule has 3 heterocycles. The first kappa shape index (κ1) is 10.7. The molecule has 0 amide bonds. The van der Waals surface area contributed by atoms with E-state index in [2.05, 4.69) is 20.7 Å². The zero-order valence-electron chi connectivity index (χ0n) is 9.76. The highest BCUT2D eigenvalue weighted by Gasteiger charge is 2.15. The smallest absolute Gasteiger partial charge is 0.186 e. The molecule has 0 unspecified atom stereocenters. The Kier molecular flexibility index (Phi) is 2.82. The van der Waals surface area contributed by atoms with E-state index < -0.39 is 0 Å². The Morgan fingerprint density at radius 2 is 2.18 bits per heavy atom. The minimum Gasteiger partial charge on any atom is -0.346 e. The summed E-state index contributed by atoms with van der Waals surface area (Å²) < 4.78 is 1.86. The molecule has 6 heteroatoms. The van der Waals surface area contributed by atoms with Crippen LogP contribution >= 0.6 is 11.3 Å². The van der Waals surface area contributed by atoms with Crippen molar-refractivity contribution < 1.29 is 0 Å². The van der Waals surface area contributed by atoms with Crippen LogP contribution in [-0.2, 0) is 7.05 Å². The van der Waals surface area contributed by atoms with Crippen molar-refractivity contribution in [1.29, 1.82) is 0 Å². The number of piperazine rings is 1. The van der Waals surface area contributed by atoms with Gasteiger partial charge in [-0.25, -0.2) is 4.98 Å². The summed E-state index contributed by atoms with van der Waals surface area (Å²) in [5.41, 5.74) is 2.09. The van der Waals surface area contributed by atoms with Crippen molar-refractivity contribution in [2.45, 2.75) is 0 Å². The zero-order chi connectivity index (χ0) is 11.7. The summed E-state index contributed by atoms with van der Waals surface area (Å²) >= 11 is 1.71. The molecule has 0 radical (unpaired) electrons. The van der Waals surface area contributed by atoms with Gasteiger partial charge in [0, 0.05) is 44.8 Å². The lowest BCUT2D eigenvalue weighted by Crippen LogP contribution is -2.43. The van der Waals surface area contributed by atoms with Gasteiger partial charge in [0.05, 0.1) is 5.69 Å². The first-order valence-electron chi connectivity index (χ1n) is 5.74. The van der Waals surface area contributed by atoms with Gasteiger partial charge in [-0.1, -0.05) is 0 Å². The Morgan fingerprint density at radius 1 is 1.35 bits per heavy atom. The van der Waals surface area contributed by atoms with E-state index in [1.807, 2.05) is 17.8 Å². The molecule has 5 nitrogen and oxygen atoms in total. The topological polar surface area (TPSA) is 46.0 Å². The quantitative estimate of drug-likeness (QED) is 0.861. The number of hydrogen-bond acceptors (Lipinski definition) is 5. The van der Waals surface area contributed by atoms with E-state index in [4.69, 9.17) is 4.98 Å². The fraction of sp³-hybridized carbons (Fsp3) is 0.455. The molecule has 1 fully saturated rings. The van der Waals surface area contributed by atoms with Crippen LogP contribution in [0.5, 0.6) is 0 Å². The largest absolute Gasteiger partial charge is 0.346 e. The number of rotatable bonds is 2. The van der Waals surface area contributed by atoms with Crippen LogP contribution in [0.25, 0.3) is 11.4 Å². The van der Waals surface area contributed by atoms with Gasteiger partial charge in [0.1, 0.15) is 5.69 Å². The van der Waals surface area contributed by atoms with Crippen LogP contribution < -0.4 is 10.2 Å². The Hall–Kier alpha value is -1.40. The molecule has 90 valence electrons. The lowest BCUT2D eigenvalue weighted by atomic mass is 10.3. The van der Waals surface area contributed by atoms with Crippen molar-refractivity contribution in [3.05, 3.63) is 17.6 Å². The normalized spacial score (nSPS) is 16.4. The monoisotopic (exact) mass is 249 g/mol. The summed E-state index contributed by atoms with van der Waals surface area (Å²) in [6.07, 6.45) is 1.80. The van der Waals surface area contributed by atoms with Crippen molar-refractivity contribution in [1.82, 2.24) is 20.1 Å². The molecule has 2 aromatic heterocycles. The van der Waals surface area contributed by atoms with Crippen LogP contribution in [0.1, 0.15) is 0 Å². The first-order valence-corrected chi connectivity index (χ1v) is 6.62. The average molecular weight is 249 g/mol. The highest BCUT2D eigenvalue weighted by Crippen LogP contribution is 2.26. The maximum atomic E-state index is 4.69. The van der Waals surface area contributed by atoms with Crippen LogP contribution in [0.4, 0.5) is 5.13 Å². The minimum absolute atomic E-state index is 1.02. The zero-order valence-corrected chi connectivity index (χ0v) is 10.6. The fourth-order valence-corrected chi connectivity index (χ4v) is 2.88. The van der Waals surface area contributed by atoms with Gasteiger partial charge in [-0.2, -0.15) is 5.10 Å². The number of hydrogen-bond donors (Lipinski definition) is 1. The van der Waals surface area contributed by atoms with Gasteiger partial charge in [0.25, 0.3) is 0 Å². The van der Waals surface area contributed by atoms with Gasteiger partial charge < -0.3 is 10.2 Å². The minimum atomic E-state index is 1.02. The van der Waals surface area contributed by atoms with E-state index in [0.717, 1.165) is 42.7 Å². The maximum absolute atomic E-state index is 4.69. The molecular weight excluding hydrogens is 234 g/mol. The number of thiazole rings is 1. The average Bonchev–Trinajstić information content (AvgIpc) is 2.98. The lowest BCUT2D eigenvalue weighted by molar-refractivity contribution is 0.588. The second-order valence-corrected chi connectivity index (χ2v) is 4.93. The van der Waals surface area contributed by atoms with E-state index in [1.165, 1.54) is 0 Å². The van der Waals surface area contributed by atoms with Gasteiger partial charge in [-0.3, -0.25) is 4.68 Å². The van der Waals surface area contributed by atoms with E-state index in [1.54, 1.807) is 17.5 Å². The van der Waals surface area contributed by atoms with Crippen LogP contribution in [0.2, 0.25) is 0 Å². The third-order valence-electron chi connectivity index (χ3n) is 2.96. The molecule has 17 heavy (non-hydrogen) atoms. The summed E-state index contributed by atoms with van der Waals surface area (Å²) in [7, 11) is 1.94. The highest BCUT2D eigenvalue weighted by atomic mass is 32.1. The van der Waals surface area contributed by atoms with Crippen molar-refractivity contribution in [3.8, 4) is 11.4 Å². The Bertz CT molecular complexity index is 497. The van der Waals surface area contributed by atoms with Crippen LogP contribution in [-0.4, -0.2) is 40.9 Å². The Morgan fingerprint density at radius 3 is 2.88 bits per heavy atom. The van der Waals surface area contributed by atoms with Gasteiger partial charge in [0.2, 0.25) is 0 Å². The lowest BCUT2D eigenvalue weighted by Gasteiger charge is -2.26. The van der Waals surface area contributed by atoms with E-state index in [0.29, 0.717) is 0 Å². The standard InChI is InChI=1S/C11H15N5S/c1-15-10(2-3-13-15)9-8-17-11(14-9)16-6-4-12-5-7-16/h2-3,8,12H,4-7H2,1H3. The summed E-state index contributed by atoms with van der Waals surface area (Å²) in [5.74, 6) is 0. The molecule has 1 saturated heterocycles. The van der Waals surface area contributed by atoms with Gasteiger partial charge in [0.15, 0.2) is 5.13 Å². The van der Waals surface area contributed by atoms with Gasteiger partial charge in [-0.15, -0.1) is 11.3 Å². The Balaban J connectivity index is 1.85. The molecule has 1 aliphatic rings. The molecule has 3 rings (SSSR count). The molecular formula is C11H15N5S. The summed E-state index contributed by atoms with van der Waals surface area (Å²) in [4.78, 5) is 7.03. The SMILES string of the molecule is Cn1nccc1-c1csc(N2CCNCC2)n1. The first-order chi connectivity index (χ1) is 8.34. The molecule has 1 N–H and O–H groups in total. The van der Waals surface area contributed by atoms with E-state index in [-0.39, 0.29) is 0 Å². The van der Waals surface area contributed by atoms with Crippen molar-refractivity contribution >= 4 is 16.5 Å². The van der Waals surface area contributed by atoms with E-state index in [9.17, 15) is 0 Å². The van der Waals surface area contributed by atoms with Crippen LogP contribution in [0.3, 0.4) is 0 Å². The second kappa shape index (κ2) is 4.46. The predicted octanol–water partition coefficient (Wildman–Crippen LogP) is 0.953. The van der Waals surface area contributed by atoms with Crippen molar-refractivity contribution in [3.63, 3.8) is 0 Å². The summed E-state index contributed by atoms with van der Waals surface area (Å²) in [5, 5.41) is 10.7.